The first-order valence-electron chi connectivity index (χ1n) is 5.41. The van der Waals surface area contributed by atoms with Gasteiger partial charge in [0, 0.05) is 16.1 Å². The summed E-state index contributed by atoms with van der Waals surface area (Å²) in [6.45, 7) is 0. The molecular formula is C12H10BrF3N2O. The number of fused-ring (bicyclic) bond motifs is 1. The Labute approximate surface area is 115 Å². The molecule has 1 atom stereocenters. The molecule has 0 aliphatic carbocycles. The summed E-state index contributed by atoms with van der Waals surface area (Å²) in [5.74, 6) is 0. The second-order valence-corrected chi connectivity index (χ2v) is 5.02. The van der Waals surface area contributed by atoms with Crippen molar-refractivity contribution < 1.29 is 18.0 Å². The zero-order chi connectivity index (χ0) is 14.2. The lowest BCUT2D eigenvalue weighted by Gasteiger charge is -2.11. The molecule has 1 heterocycles. The van der Waals surface area contributed by atoms with Crippen LogP contribution in [-0.2, 0) is 17.4 Å². The molecule has 0 spiro atoms. The van der Waals surface area contributed by atoms with Gasteiger partial charge < -0.3 is 15.5 Å². The molecule has 0 amide bonds. The first-order chi connectivity index (χ1) is 8.84. The SMILES string of the molecule is N[C@H](C=O)Cc1c[nH]c2c(Br)ccc(C(F)(F)F)c12. The summed E-state index contributed by atoms with van der Waals surface area (Å²) in [6.07, 6.45) is -2.43. The predicted octanol–water partition coefficient (Wildman–Crippen LogP) is 3.02. The van der Waals surface area contributed by atoms with Crippen molar-refractivity contribution in [2.24, 2.45) is 5.73 Å². The molecule has 1 aromatic carbocycles. The highest BCUT2D eigenvalue weighted by molar-refractivity contribution is 9.10. The molecule has 0 aliphatic heterocycles. The molecule has 7 heteroatoms. The second kappa shape index (κ2) is 4.97. The van der Waals surface area contributed by atoms with Crippen LogP contribution in [0.4, 0.5) is 13.2 Å². The van der Waals surface area contributed by atoms with Gasteiger partial charge in [-0.2, -0.15) is 13.2 Å². The first kappa shape index (κ1) is 14.1. The summed E-state index contributed by atoms with van der Waals surface area (Å²) in [4.78, 5) is 13.3. The van der Waals surface area contributed by atoms with E-state index in [2.05, 4.69) is 20.9 Å². The Kier molecular flexibility index (Phi) is 3.69. The van der Waals surface area contributed by atoms with Crippen molar-refractivity contribution in [3.63, 3.8) is 0 Å². The van der Waals surface area contributed by atoms with Crippen LogP contribution < -0.4 is 5.73 Å². The van der Waals surface area contributed by atoms with E-state index in [0.717, 1.165) is 6.07 Å². The van der Waals surface area contributed by atoms with Crippen LogP contribution in [0.2, 0.25) is 0 Å². The van der Waals surface area contributed by atoms with Crippen molar-refractivity contribution in [3.8, 4) is 0 Å². The van der Waals surface area contributed by atoms with E-state index in [-0.39, 0.29) is 11.8 Å². The largest absolute Gasteiger partial charge is 0.417 e. The van der Waals surface area contributed by atoms with Crippen molar-refractivity contribution >= 4 is 33.1 Å². The average Bonchev–Trinajstić information content (AvgIpc) is 2.73. The maximum absolute atomic E-state index is 13.0. The number of halogens is 4. The Balaban J connectivity index is 2.67. The van der Waals surface area contributed by atoms with Crippen LogP contribution in [0.5, 0.6) is 0 Å². The van der Waals surface area contributed by atoms with Gasteiger partial charge in [0.15, 0.2) is 0 Å². The molecule has 2 rings (SSSR count). The summed E-state index contributed by atoms with van der Waals surface area (Å²) in [6, 6.07) is 1.53. The van der Waals surface area contributed by atoms with Gasteiger partial charge in [-0.1, -0.05) is 0 Å². The van der Waals surface area contributed by atoms with E-state index in [1.165, 1.54) is 12.3 Å². The zero-order valence-electron chi connectivity index (χ0n) is 9.59. The fourth-order valence-electron chi connectivity index (χ4n) is 1.98. The van der Waals surface area contributed by atoms with E-state index in [9.17, 15) is 18.0 Å². The van der Waals surface area contributed by atoms with Crippen molar-refractivity contribution in [1.29, 1.82) is 0 Å². The van der Waals surface area contributed by atoms with Gasteiger partial charge in [0.1, 0.15) is 6.29 Å². The number of carbonyl (C=O) groups excluding carboxylic acids is 1. The maximum Gasteiger partial charge on any atom is 0.417 e. The van der Waals surface area contributed by atoms with E-state index in [1.807, 2.05) is 0 Å². The van der Waals surface area contributed by atoms with Crippen LogP contribution in [0.25, 0.3) is 10.9 Å². The lowest BCUT2D eigenvalue weighted by molar-refractivity contribution is -0.136. The minimum absolute atomic E-state index is 0.0548. The number of H-pyrrole nitrogens is 1. The van der Waals surface area contributed by atoms with Crippen LogP contribution in [0.15, 0.2) is 22.8 Å². The van der Waals surface area contributed by atoms with Gasteiger partial charge in [-0.15, -0.1) is 0 Å². The molecule has 0 saturated carbocycles. The number of carbonyl (C=O) groups is 1. The Hall–Kier alpha value is -1.34. The van der Waals surface area contributed by atoms with Crippen LogP contribution in [0.3, 0.4) is 0 Å². The van der Waals surface area contributed by atoms with Crippen molar-refractivity contribution in [3.05, 3.63) is 33.9 Å². The zero-order valence-corrected chi connectivity index (χ0v) is 11.2. The van der Waals surface area contributed by atoms with Crippen LogP contribution in [0.1, 0.15) is 11.1 Å². The number of aromatic amines is 1. The number of hydrogen-bond acceptors (Lipinski definition) is 2. The molecule has 102 valence electrons. The molecule has 0 saturated heterocycles. The van der Waals surface area contributed by atoms with E-state index < -0.39 is 17.8 Å². The number of alkyl halides is 3. The average molecular weight is 335 g/mol. The number of benzene rings is 1. The van der Waals surface area contributed by atoms with Crippen LogP contribution >= 0.6 is 15.9 Å². The van der Waals surface area contributed by atoms with Crippen LogP contribution in [-0.4, -0.2) is 17.3 Å². The summed E-state index contributed by atoms with van der Waals surface area (Å²) in [7, 11) is 0. The number of nitrogens with one attached hydrogen (secondary N) is 1. The molecule has 0 radical (unpaired) electrons. The lowest BCUT2D eigenvalue weighted by Crippen LogP contribution is -2.24. The van der Waals surface area contributed by atoms with Gasteiger partial charge >= 0.3 is 6.18 Å². The first-order valence-corrected chi connectivity index (χ1v) is 6.20. The third-order valence-electron chi connectivity index (χ3n) is 2.80. The predicted molar refractivity (Wildman–Crippen MR) is 68.7 cm³/mol. The second-order valence-electron chi connectivity index (χ2n) is 4.16. The van der Waals surface area contributed by atoms with Crippen molar-refractivity contribution in [2.45, 2.75) is 18.6 Å². The van der Waals surface area contributed by atoms with Crippen molar-refractivity contribution in [1.82, 2.24) is 4.98 Å². The maximum atomic E-state index is 13.0. The molecule has 19 heavy (non-hydrogen) atoms. The third-order valence-corrected chi connectivity index (χ3v) is 3.46. The summed E-state index contributed by atoms with van der Waals surface area (Å²) in [5.41, 5.74) is 5.47. The number of hydrogen-bond donors (Lipinski definition) is 2. The van der Waals surface area contributed by atoms with E-state index in [1.54, 1.807) is 0 Å². The normalized spacial score (nSPS) is 13.7. The molecule has 3 N–H and O–H groups in total. The third kappa shape index (κ3) is 2.66. The highest BCUT2D eigenvalue weighted by Crippen LogP contribution is 2.39. The standard InChI is InChI=1S/C12H10BrF3N2O/c13-9-2-1-8(12(14,15)16)10-6(3-7(17)5-19)4-18-11(9)10/h1-2,4-5,7,18H,3,17H2/t7-/m0/s1. The molecule has 1 aromatic heterocycles. The van der Waals surface area contributed by atoms with Gasteiger partial charge in [-0.25, -0.2) is 0 Å². The van der Waals surface area contributed by atoms with Gasteiger partial charge in [-0.05, 0) is 40.0 Å². The molecule has 0 aliphatic rings. The monoisotopic (exact) mass is 334 g/mol. The molecule has 2 aromatic rings. The number of nitrogens with two attached hydrogens (primary N) is 1. The van der Waals surface area contributed by atoms with Crippen molar-refractivity contribution in [2.75, 3.05) is 0 Å². The Morgan fingerprint density at radius 2 is 2.11 bits per heavy atom. The molecular weight excluding hydrogens is 325 g/mol. The smallest absolute Gasteiger partial charge is 0.360 e. The summed E-state index contributed by atoms with van der Waals surface area (Å²) < 4.78 is 39.5. The lowest BCUT2D eigenvalue weighted by atomic mass is 10.0. The summed E-state index contributed by atoms with van der Waals surface area (Å²) >= 11 is 3.20. The van der Waals surface area contributed by atoms with Gasteiger partial charge in [0.2, 0.25) is 0 Å². The highest BCUT2D eigenvalue weighted by atomic mass is 79.9. The highest BCUT2D eigenvalue weighted by Gasteiger charge is 2.34. The van der Waals surface area contributed by atoms with Gasteiger partial charge in [0.25, 0.3) is 0 Å². The fourth-order valence-corrected chi connectivity index (χ4v) is 2.43. The minimum Gasteiger partial charge on any atom is -0.360 e. The summed E-state index contributed by atoms with van der Waals surface area (Å²) in [5, 5.41) is 0.0548. The Morgan fingerprint density at radius 1 is 1.42 bits per heavy atom. The Morgan fingerprint density at radius 3 is 2.68 bits per heavy atom. The van der Waals surface area contributed by atoms with Crippen LogP contribution in [0, 0.1) is 0 Å². The Bertz CT molecular complexity index is 621. The van der Waals surface area contributed by atoms with E-state index >= 15 is 0 Å². The minimum atomic E-state index is -4.46. The number of aromatic nitrogens is 1. The molecule has 0 fully saturated rings. The molecule has 0 bridgehead atoms. The molecule has 0 unspecified atom stereocenters. The van der Waals surface area contributed by atoms with E-state index in [4.69, 9.17) is 5.73 Å². The quantitative estimate of drug-likeness (QED) is 0.847. The topological polar surface area (TPSA) is 58.9 Å². The number of rotatable bonds is 3. The van der Waals surface area contributed by atoms with E-state index in [0.29, 0.717) is 21.8 Å². The molecule has 3 nitrogen and oxygen atoms in total. The van der Waals surface area contributed by atoms with Gasteiger partial charge in [-0.3, -0.25) is 0 Å². The van der Waals surface area contributed by atoms with Gasteiger partial charge in [0.05, 0.1) is 17.1 Å². The number of aldehydes is 1. The fraction of sp³-hybridized carbons (Fsp3) is 0.250.